The number of hydrogen-bond acceptors (Lipinski definition) is 4. The molecule has 2 aromatic rings. The maximum atomic E-state index is 4.65. The molecular weight excluding hydrogens is 254 g/mol. The summed E-state index contributed by atoms with van der Waals surface area (Å²) in [6, 6.07) is 4.07. The number of aromatic nitrogens is 2. The molecule has 1 N–H and O–H groups in total. The molecule has 102 valence electrons. The summed E-state index contributed by atoms with van der Waals surface area (Å²) in [4.78, 5) is 10.1. The lowest BCUT2D eigenvalue weighted by atomic mass is 10.2. The highest BCUT2D eigenvalue weighted by Crippen LogP contribution is 2.20. The van der Waals surface area contributed by atoms with Crippen molar-refractivity contribution in [2.24, 2.45) is 5.92 Å². The molecule has 0 radical (unpaired) electrons. The van der Waals surface area contributed by atoms with Crippen LogP contribution in [0.25, 0.3) is 0 Å². The van der Waals surface area contributed by atoms with E-state index < -0.39 is 0 Å². The minimum Gasteiger partial charge on any atom is -0.312 e. The van der Waals surface area contributed by atoms with E-state index in [1.165, 1.54) is 15.4 Å². The summed E-state index contributed by atoms with van der Waals surface area (Å²) in [6.45, 7) is 8.51. The normalized spacial score (nSPS) is 11.2. The minimum absolute atomic E-state index is 0.683. The summed E-state index contributed by atoms with van der Waals surface area (Å²) in [5, 5.41) is 4.65. The van der Waals surface area contributed by atoms with Crippen molar-refractivity contribution in [3.8, 4) is 0 Å². The van der Waals surface area contributed by atoms with Gasteiger partial charge in [0.05, 0.1) is 10.7 Å². The van der Waals surface area contributed by atoms with Crippen LogP contribution < -0.4 is 5.32 Å². The maximum absolute atomic E-state index is 4.65. The largest absolute Gasteiger partial charge is 0.312 e. The molecule has 0 saturated carbocycles. The average molecular weight is 275 g/mol. The van der Waals surface area contributed by atoms with Crippen molar-refractivity contribution in [2.75, 3.05) is 6.54 Å². The van der Waals surface area contributed by atoms with Gasteiger partial charge in [-0.25, -0.2) is 4.98 Å². The van der Waals surface area contributed by atoms with Gasteiger partial charge in [-0.1, -0.05) is 19.9 Å². The van der Waals surface area contributed by atoms with Crippen molar-refractivity contribution in [3.63, 3.8) is 0 Å². The molecule has 0 atom stereocenters. The molecule has 0 aliphatic carbocycles. The average Bonchev–Trinajstić information content (AvgIpc) is 2.70. The Hall–Kier alpha value is -1.26. The molecule has 2 heterocycles. The summed E-state index contributed by atoms with van der Waals surface area (Å²) >= 11 is 1.80. The van der Waals surface area contributed by atoms with Crippen LogP contribution in [0.2, 0.25) is 0 Å². The number of nitrogens with zero attached hydrogens (tertiary/aromatic N) is 2. The van der Waals surface area contributed by atoms with Crippen molar-refractivity contribution < 1.29 is 0 Å². The highest BCUT2D eigenvalue weighted by Gasteiger charge is 2.08. The van der Waals surface area contributed by atoms with Gasteiger partial charge in [0.15, 0.2) is 0 Å². The lowest BCUT2D eigenvalue weighted by Crippen LogP contribution is -2.18. The van der Waals surface area contributed by atoms with Crippen LogP contribution in [0.4, 0.5) is 0 Å². The second kappa shape index (κ2) is 6.78. The molecule has 19 heavy (non-hydrogen) atoms. The molecule has 4 heteroatoms. The van der Waals surface area contributed by atoms with Crippen LogP contribution in [0.15, 0.2) is 24.5 Å². The van der Waals surface area contributed by atoms with Gasteiger partial charge in [-0.2, -0.15) is 0 Å². The zero-order valence-electron chi connectivity index (χ0n) is 11.8. The second-order valence-corrected chi connectivity index (χ2v) is 6.35. The van der Waals surface area contributed by atoms with Gasteiger partial charge in [-0.15, -0.1) is 11.3 Å². The molecule has 0 saturated heterocycles. The van der Waals surface area contributed by atoms with Crippen molar-refractivity contribution >= 4 is 11.3 Å². The molecule has 0 bridgehead atoms. The molecule has 0 amide bonds. The van der Waals surface area contributed by atoms with Crippen molar-refractivity contribution in [2.45, 2.75) is 33.7 Å². The lowest BCUT2D eigenvalue weighted by molar-refractivity contribution is 0.554. The van der Waals surface area contributed by atoms with Crippen LogP contribution in [-0.4, -0.2) is 16.5 Å². The summed E-state index contributed by atoms with van der Waals surface area (Å²) in [7, 11) is 0. The van der Waals surface area contributed by atoms with Crippen molar-refractivity contribution in [1.82, 2.24) is 15.3 Å². The molecule has 0 spiro atoms. The summed E-state index contributed by atoms with van der Waals surface area (Å²) < 4.78 is 0. The molecule has 3 nitrogen and oxygen atoms in total. The predicted molar refractivity (Wildman–Crippen MR) is 80.4 cm³/mol. The Bertz CT molecular complexity index is 505. The maximum Gasteiger partial charge on any atom is 0.0975 e. The van der Waals surface area contributed by atoms with Gasteiger partial charge in [0, 0.05) is 30.2 Å². The van der Waals surface area contributed by atoms with E-state index in [1.54, 1.807) is 17.5 Å². The fourth-order valence-corrected chi connectivity index (χ4v) is 2.95. The predicted octanol–water partition coefficient (Wildman–Crippen LogP) is 3.18. The van der Waals surface area contributed by atoms with Crippen LogP contribution >= 0.6 is 11.3 Å². The summed E-state index contributed by atoms with van der Waals surface area (Å²) in [6.07, 6.45) is 4.59. The lowest BCUT2D eigenvalue weighted by Gasteiger charge is -2.05. The zero-order valence-corrected chi connectivity index (χ0v) is 12.6. The molecule has 0 unspecified atom stereocenters. The zero-order chi connectivity index (χ0) is 13.7. The van der Waals surface area contributed by atoms with Gasteiger partial charge in [0.1, 0.15) is 0 Å². The highest BCUT2D eigenvalue weighted by molar-refractivity contribution is 7.11. The van der Waals surface area contributed by atoms with Gasteiger partial charge in [0.25, 0.3) is 0 Å². The third-order valence-electron chi connectivity index (χ3n) is 2.85. The fourth-order valence-electron chi connectivity index (χ4n) is 1.88. The second-order valence-electron chi connectivity index (χ2n) is 5.18. The fraction of sp³-hybridized carbons (Fsp3) is 0.467. The molecule has 0 aliphatic heterocycles. The third-order valence-corrected chi connectivity index (χ3v) is 4.01. The summed E-state index contributed by atoms with van der Waals surface area (Å²) in [5.41, 5.74) is 2.37. The van der Waals surface area contributed by atoms with Crippen LogP contribution in [0.1, 0.15) is 35.0 Å². The van der Waals surface area contributed by atoms with E-state index in [9.17, 15) is 0 Å². The number of pyridine rings is 1. The van der Waals surface area contributed by atoms with Crippen LogP contribution in [-0.2, 0) is 13.0 Å². The molecule has 0 fully saturated rings. The number of nitrogens with one attached hydrogen (secondary N) is 1. The number of aryl methyl sites for hydroxylation is 1. The number of rotatable bonds is 6. The molecular formula is C15H21N3S. The van der Waals surface area contributed by atoms with E-state index in [1.807, 2.05) is 12.3 Å². The Balaban J connectivity index is 1.96. The number of hydrogen-bond donors (Lipinski definition) is 1. The quantitative estimate of drug-likeness (QED) is 0.880. The first-order chi connectivity index (χ1) is 9.15. The molecule has 2 rings (SSSR count). The summed E-state index contributed by atoms with van der Waals surface area (Å²) in [5.74, 6) is 0.683. The molecule has 0 aromatic carbocycles. The van der Waals surface area contributed by atoms with Gasteiger partial charge in [0.2, 0.25) is 0 Å². The Morgan fingerprint density at radius 1 is 1.37 bits per heavy atom. The third kappa shape index (κ3) is 4.40. The van der Waals surface area contributed by atoms with E-state index >= 15 is 0 Å². The first-order valence-corrected chi connectivity index (χ1v) is 7.51. The smallest absolute Gasteiger partial charge is 0.0975 e. The van der Waals surface area contributed by atoms with Crippen LogP contribution in [0, 0.1) is 12.8 Å². The highest BCUT2D eigenvalue weighted by atomic mass is 32.1. The van der Waals surface area contributed by atoms with Gasteiger partial charge in [-0.05, 0) is 31.0 Å². The Labute approximate surface area is 119 Å². The van der Waals surface area contributed by atoms with E-state index in [0.717, 1.165) is 25.2 Å². The topological polar surface area (TPSA) is 37.8 Å². The molecule has 2 aromatic heterocycles. The van der Waals surface area contributed by atoms with Crippen molar-refractivity contribution in [3.05, 3.63) is 45.7 Å². The molecule has 0 aliphatic rings. The Kier molecular flexibility index (Phi) is 5.05. The Morgan fingerprint density at radius 3 is 2.89 bits per heavy atom. The van der Waals surface area contributed by atoms with Gasteiger partial charge >= 0.3 is 0 Å². The van der Waals surface area contributed by atoms with Crippen molar-refractivity contribution in [1.29, 1.82) is 0 Å². The minimum atomic E-state index is 0.683. The van der Waals surface area contributed by atoms with E-state index in [4.69, 9.17) is 0 Å². The first kappa shape index (κ1) is 14.2. The van der Waals surface area contributed by atoms with Gasteiger partial charge < -0.3 is 5.32 Å². The standard InChI is InChI=1S/C15H21N3S/c1-11(2)8-17-10-14-12(3)18-15(19-14)7-13-5-4-6-16-9-13/h4-6,9,11,17H,7-8,10H2,1-3H3. The Morgan fingerprint density at radius 2 is 2.21 bits per heavy atom. The van der Waals surface area contributed by atoms with Gasteiger partial charge in [-0.3, -0.25) is 4.98 Å². The van der Waals surface area contributed by atoms with E-state index in [0.29, 0.717) is 5.92 Å². The monoisotopic (exact) mass is 275 g/mol. The van der Waals surface area contributed by atoms with Crippen LogP contribution in [0.3, 0.4) is 0 Å². The van der Waals surface area contributed by atoms with E-state index in [-0.39, 0.29) is 0 Å². The SMILES string of the molecule is Cc1nc(Cc2cccnc2)sc1CNCC(C)C. The van der Waals surface area contributed by atoms with E-state index in [2.05, 4.69) is 42.1 Å². The van der Waals surface area contributed by atoms with Crippen LogP contribution in [0.5, 0.6) is 0 Å². The first-order valence-electron chi connectivity index (χ1n) is 6.70. The number of thiazole rings is 1.